The average molecular weight is 968 g/mol. The van der Waals surface area contributed by atoms with Crippen molar-refractivity contribution in [1.29, 1.82) is 0 Å². The van der Waals surface area contributed by atoms with Gasteiger partial charge in [-0.3, -0.25) is 0 Å². The van der Waals surface area contributed by atoms with Gasteiger partial charge in [-0.25, -0.2) is 0 Å². The summed E-state index contributed by atoms with van der Waals surface area (Å²) in [6.45, 7) is 0. The van der Waals surface area contributed by atoms with Crippen molar-refractivity contribution in [2.75, 3.05) is 11.8 Å². The monoisotopic (exact) mass is 968 g/mol. The molecular formula is C55H47ClP4Ru-2. The number of halogens is 1. The molecule has 304 valence electrons. The van der Waals surface area contributed by atoms with E-state index in [4.69, 9.17) is 0 Å². The maximum atomic E-state index is 4.57. The van der Waals surface area contributed by atoms with Gasteiger partial charge in [-0.05, 0) is 85.6 Å². The molecule has 0 spiro atoms. The summed E-state index contributed by atoms with van der Waals surface area (Å²) >= 11 is 1.82. The molecule has 0 aliphatic carbocycles. The van der Waals surface area contributed by atoms with Crippen LogP contribution in [0.25, 0.3) is 0 Å². The Bertz CT molecular complexity index is 1930. The number of rotatable bonds is 12. The zero-order chi connectivity index (χ0) is 42.2. The van der Waals surface area contributed by atoms with Crippen molar-refractivity contribution in [3.63, 3.8) is 0 Å². The van der Waals surface area contributed by atoms with Crippen LogP contribution in [0.3, 0.4) is 0 Å². The molecule has 0 aromatic heterocycles. The van der Waals surface area contributed by atoms with E-state index in [-0.39, 0.29) is 0 Å². The van der Waals surface area contributed by atoms with Gasteiger partial charge in [0.15, 0.2) is 0 Å². The summed E-state index contributed by atoms with van der Waals surface area (Å²) in [5.41, 5.74) is 0. The van der Waals surface area contributed by atoms with Crippen LogP contribution in [0.15, 0.2) is 249 Å². The third kappa shape index (κ3) is 14.7. The molecule has 0 nitrogen and oxygen atoms in total. The topological polar surface area (TPSA) is 0 Å². The summed E-state index contributed by atoms with van der Waals surface area (Å²) < 4.78 is 0. The van der Waals surface area contributed by atoms with Crippen molar-refractivity contribution in [3.8, 4) is 0 Å². The molecule has 0 bridgehead atoms. The second kappa shape index (κ2) is 26.9. The van der Waals surface area contributed by atoms with Crippen LogP contribution in [-0.4, -0.2) is 11.8 Å². The Hall–Kier alpha value is -4.26. The maximum Gasteiger partial charge on any atom is 0.0970 e. The Balaban J connectivity index is 0.000000176. The molecule has 6 heteroatoms. The van der Waals surface area contributed by atoms with Crippen LogP contribution < -0.4 is 42.4 Å². The van der Waals surface area contributed by atoms with Gasteiger partial charge in [0.2, 0.25) is 0 Å². The first-order chi connectivity index (χ1) is 30.3. The van der Waals surface area contributed by atoms with E-state index in [1.807, 2.05) is 17.3 Å². The van der Waals surface area contributed by atoms with Crippen molar-refractivity contribution in [1.82, 2.24) is 0 Å². The first-order valence-corrected chi connectivity index (χ1v) is 28.7. The van der Waals surface area contributed by atoms with Crippen LogP contribution in [0, 0.1) is 24.3 Å². The summed E-state index contributed by atoms with van der Waals surface area (Å²) in [6, 6.07) is 101. The first-order valence-electron chi connectivity index (χ1n) is 20.0. The minimum absolute atomic E-state index is 0.392. The van der Waals surface area contributed by atoms with Crippen molar-refractivity contribution in [2.45, 2.75) is 0 Å². The van der Waals surface area contributed by atoms with E-state index < -0.39 is 31.7 Å². The Morgan fingerprint density at radius 2 is 0.525 bits per heavy atom. The predicted octanol–water partition coefficient (Wildman–Crippen LogP) is 11.2. The van der Waals surface area contributed by atoms with Gasteiger partial charge < -0.3 is 30.3 Å². The standard InChI is InChI=1S/2C25H22P2.C5H.ClH.Ru/c2*1-5-13-22(14-6-1)26(23-15-7-2-8-16-23)21-27(24-17-9-3-10-18-24)25-19-11-4-12-20-25;1-2-4-5-3-1;;/h2*1-20H,21H2;1H;1H;/q;;-5;;+2/p+1. The molecular weight excluding hydrogens is 921 g/mol. The molecule has 0 fully saturated rings. The van der Waals surface area contributed by atoms with Crippen molar-refractivity contribution >= 4 is 83.8 Å². The SMILES string of the molecule is [Cl][Ru+].[c-]1[c-][c-][cH-][c-]1.c1ccc(P(C[PH+](c2ccccc2)c2ccccc2)c2ccccc2)cc1.c1ccc(P(C[PH+](c2ccccc2)c2ccccc2)c2ccccc2)cc1. The van der Waals surface area contributed by atoms with Crippen LogP contribution in [0.4, 0.5) is 0 Å². The molecule has 0 N–H and O–H groups in total. The molecule has 9 aromatic carbocycles. The second-order valence-electron chi connectivity index (χ2n) is 13.6. The fourth-order valence-corrected chi connectivity index (χ4v) is 21.0. The minimum atomic E-state index is -0.864. The van der Waals surface area contributed by atoms with E-state index in [1.165, 1.54) is 54.2 Å². The summed E-state index contributed by atoms with van der Waals surface area (Å²) in [5, 5.41) is 11.8. The quantitative estimate of drug-likeness (QED) is 0.0650. The maximum absolute atomic E-state index is 4.57. The van der Waals surface area contributed by atoms with Crippen molar-refractivity contribution in [2.24, 2.45) is 0 Å². The van der Waals surface area contributed by atoms with E-state index in [0.717, 1.165) is 0 Å². The van der Waals surface area contributed by atoms with E-state index in [9.17, 15) is 0 Å². The molecule has 0 aliphatic heterocycles. The Morgan fingerprint density at radius 3 is 0.705 bits per heavy atom. The predicted molar refractivity (Wildman–Crippen MR) is 272 cm³/mol. The zero-order valence-corrected chi connectivity index (χ0v) is 40.0. The molecule has 9 rings (SSSR count). The molecule has 9 aromatic rings. The molecule has 61 heavy (non-hydrogen) atoms. The fourth-order valence-electron chi connectivity index (χ4n) is 6.85. The summed E-state index contributed by atoms with van der Waals surface area (Å²) in [6.07, 6.45) is 0. The van der Waals surface area contributed by atoms with E-state index in [2.05, 4.69) is 277 Å². The smallest absolute Gasteiger partial charge is 0.0970 e. The summed E-state index contributed by atoms with van der Waals surface area (Å²) in [7, 11) is 2.06. The van der Waals surface area contributed by atoms with E-state index in [1.54, 1.807) is 6.07 Å². The largest absolute Gasteiger partial charge is 0.999 e. The molecule has 0 aliphatic rings. The Kier molecular flexibility index (Phi) is 20.4. The van der Waals surface area contributed by atoms with Gasteiger partial charge in [0.05, 0.1) is 48.9 Å². The van der Waals surface area contributed by atoms with Crippen LogP contribution in [0.2, 0.25) is 0 Å². The van der Waals surface area contributed by atoms with Crippen LogP contribution >= 0.6 is 41.4 Å². The molecule has 0 heterocycles. The average Bonchev–Trinajstić information content (AvgIpc) is 3.96. The normalized spacial score (nSPS) is 10.5. The number of hydrogen-bond acceptors (Lipinski definition) is 0. The van der Waals surface area contributed by atoms with Crippen molar-refractivity contribution < 1.29 is 17.3 Å². The van der Waals surface area contributed by atoms with Crippen LogP contribution in [0.5, 0.6) is 0 Å². The van der Waals surface area contributed by atoms with Gasteiger partial charge >= 0.3 is 27.0 Å². The van der Waals surface area contributed by atoms with E-state index in [0.29, 0.717) is 0 Å². The Labute approximate surface area is 383 Å². The third-order valence-electron chi connectivity index (χ3n) is 9.74. The first kappa shape index (κ1) is 46.3. The minimum Gasteiger partial charge on any atom is -0.999 e. The molecule has 0 unspecified atom stereocenters. The van der Waals surface area contributed by atoms with Crippen LogP contribution in [0.1, 0.15) is 0 Å². The summed E-state index contributed by atoms with van der Waals surface area (Å²) in [5.74, 6) is 2.42. The molecule has 0 saturated heterocycles. The molecule has 0 amide bonds. The number of benzene rings is 8. The molecule has 0 radical (unpaired) electrons. The van der Waals surface area contributed by atoms with Gasteiger partial charge in [-0.2, -0.15) is 0 Å². The van der Waals surface area contributed by atoms with Gasteiger partial charge in [0.1, 0.15) is 0 Å². The van der Waals surface area contributed by atoms with Gasteiger partial charge in [0.25, 0.3) is 0 Å². The molecule has 0 saturated carbocycles. The number of hydrogen-bond donors (Lipinski definition) is 0. The van der Waals surface area contributed by atoms with Gasteiger partial charge in [-0.15, -0.1) is 0 Å². The fraction of sp³-hybridized carbons (Fsp3) is 0.0364. The van der Waals surface area contributed by atoms with Crippen molar-refractivity contribution in [3.05, 3.63) is 273 Å². The molecule has 0 atom stereocenters. The van der Waals surface area contributed by atoms with Crippen LogP contribution in [-0.2, 0) is 17.3 Å². The van der Waals surface area contributed by atoms with Gasteiger partial charge in [-0.1, -0.05) is 194 Å². The Morgan fingerprint density at radius 1 is 0.328 bits per heavy atom. The zero-order valence-electron chi connectivity index (χ0n) is 33.7. The second-order valence-corrected chi connectivity index (χ2v) is 24.1. The van der Waals surface area contributed by atoms with E-state index >= 15 is 0 Å². The summed E-state index contributed by atoms with van der Waals surface area (Å²) in [4.78, 5) is 0. The third-order valence-corrected chi connectivity index (χ3v) is 22.6. The van der Waals surface area contributed by atoms with Gasteiger partial charge in [0, 0.05) is 0 Å².